The Labute approximate surface area is 142 Å². The van der Waals surface area contributed by atoms with Gasteiger partial charge in [0.15, 0.2) is 0 Å². The summed E-state index contributed by atoms with van der Waals surface area (Å²) in [6.45, 7) is 20.4. The van der Waals surface area contributed by atoms with Crippen LogP contribution in [0, 0.1) is 5.92 Å². The molecule has 0 aromatic carbocycles. The zero-order chi connectivity index (χ0) is 18.4. The standard InChI is InChI=1S/C12H17N.C3H8.3C2H6/c1-3-4-9-12(13)11-8-6-5-7-10(11)2;1-3-2;3*1-2/h3-6,8-10H,7,13H2,1-2H3;3H2,1-2H3;3*1-2H3/b4-3-,12-9-;;;;. The molecule has 0 spiro atoms. The minimum atomic E-state index is 0.548. The van der Waals surface area contributed by atoms with Crippen LogP contribution in [0.1, 0.15) is 82.1 Å². The highest BCUT2D eigenvalue weighted by Crippen LogP contribution is 2.23. The van der Waals surface area contributed by atoms with Crippen LogP contribution in [0.2, 0.25) is 0 Å². The van der Waals surface area contributed by atoms with Gasteiger partial charge in [0.2, 0.25) is 0 Å². The Morgan fingerprint density at radius 2 is 1.59 bits per heavy atom. The van der Waals surface area contributed by atoms with Crippen LogP contribution in [0.5, 0.6) is 0 Å². The zero-order valence-electron chi connectivity index (χ0n) is 17.0. The molecule has 1 unspecified atom stereocenters. The molecule has 1 heteroatoms. The summed E-state index contributed by atoms with van der Waals surface area (Å²) >= 11 is 0. The van der Waals surface area contributed by atoms with Crippen molar-refractivity contribution in [2.24, 2.45) is 11.7 Å². The van der Waals surface area contributed by atoms with Gasteiger partial charge in [-0.25, -0.2) is 0 Å². The maximum Gasteiger partial charge on any atom is 0.0349 e. The third kappa shape index (κ3) is 18.8. The van der Waals surface area contributed by atoms with E-state index in [2.05, 4.69) is 39.0 Å². The van der Waals surface area contributed by atoms with Gasteiger partial charge in [-0.1, -0.05) is 99.1 Å². The van der Waals surface area contributed by atoms with E-state index in [1.54, 1.807) is 0 Å². The lowest BCUT2D eigenvalue weighted by atomic mass is 9.91. The van der Waals surface area contributed by atoms with Crippen molar-refractivity contribution in [1.29, 1.82) is 0 Å². The first-order chi connectivity index (χ1) is 10.7. The van der Waals surface area contributed by atoms with Crippen LogP contribution in [-0.4, -0.2) is 0 Å². The highest BCUT2D eigenvalue weighted by atomic mass is 14.6. The number of nitrogens with two attached hydrogens (primary N) is 1. The first-order valence-electron chi connectivity index (χ1n) is 9.12. The van der Waals surface area contributed by atoms with E-state index in [4.69, 9.17) is 5.73 Å². The Balaban J connectivity index is -0.000000153. The SMILES string of the molecule is C/C=C\C=C(/N)C1=CC=CCC1C.CC.CC.CC.CCC. The van der Waals surface area contributed by atoms with Gasteiger partial charge in [-0.3, -0.25) is 0 Å². The van der Waals surface area contributed by atoms with E-state index in [0.29, 0.717) is 5.92 Å². The largest absolute Gasteiger partial charge is 0.398 e. The van der Waals surface area contributed by atoms with Crippen LogP contribution >= 0.6 is 0 Å². The molecule has 0 aromatic rings. The first-order valence-corrected chi connectivity index (χ1v) is 9.12. The van der Waals surface area contributed by atoms with Gasteiger partial charge in [-0.15, -0.1) is 0 Å². The fraction of sp³-hybridized carbons (Fsp3) is 0.619. The van der Waals surface area contributed by atoms with E-state index in [-0.39, 0.29) is 0 Å². The van der Waals surface area contributed by atoms with E-state index >= 15 is 0 Å². The van der Waals surface area contributed by atoms with Gasteiger partial charge in [0, 0.05) is 5.70 Å². The third-order valence-corrected chi connectivity index (χ3v) is 2.23. The van der Waals surface area contributed by atoms with Crippen molar-refractivity contribution in [3.63, 3.8) is 0 Å². The number of hydrogen-bond donors (Lipinski definition) is 1. The molecule has 0 amide bonds. The molecule has 1 nitrogen and oxygen atoms in total. The molecule has 0 heterocycles. The van der Waals surface area contributed by atoms with Gasteiger partial charge in [0.05, 0.1) is 0 Å². The predicted octanol–water partition coefficient (Wildman–Crippen LogP) is 7.42. The summed E-state index contributed by atoms with van der Waals surface area (Å²) in [6.07, 6.45) is 14.6. The van der Waals surface area contributed by atoms with E-state index in [1.807, 2.05) is 66.7 Å². The van der Waals surface area contributed by atoms with E-state index in [0.717, 1.165) is 12.1 Å². The van der Waals surface area contributed by atoms with Crippen LogP contribution in [-0.2, 0) is 0 Å². The van der Waals surface area contributed by atoms with Gasteiger partial charge < -0.3 is 5.73 Å². The summed E-state index contributed by atoms with van der Waals surface area (Å²) in [5.74, 6) is 0.548. The van der Waals surface area contributed by atoms with E-state index in [1.165, 1.54) is 12.0 Å². The minimum absolute atomic E-state index is 0.548. The summed E-state index contributed by atoms with van der Waals surface area (Å²) in [5, 5.41) is 0. The van der Waals surface area contributed by atoms with Gasteiger partial charge >= 0.3 is 0 Å². The lowest BCUT2D eigenvalue weighted by Gasteiger charge is -2.16. The molecule has 22 heavy (non-hydrogen) atoms. The van der Waals surface area contributed by atoms with Gasteiger partial charge in [0.25, 0.3) is 0 Å². The van der Waals surface area contributed by atoms with Crippen molar-refractivity contribution in [2.75, 3.05) is 0 Å². The molecule has 1 aliphatic carbocycles. The van der Waals surface area contributed by atoms with Crippen molar-refractivity contribution in [1.82, 2.24) is 0 Å². The van der Waals surface area contributed by atoms with Crippen LogP contribution in [0.4, 0.5) is 0 Å². The summed E-state index contributed by atoms with van der Waals surface area (Å²) in [7, 11) is 0. The van der Waals surface area contributed by atoms with Crippen molar-refractivity contribution in [3.8, 4) is 0 Å². The van der Waals surface area contributed by atoms with Gasteiger partial charge in [-0.2, -0.15) is 0 Å². The second-order valence-electron chi connectivity index (χ2n) is 4.04. The summed E-state index contributed by atoms with van der Waals surface area (Å²) in [4.78, 5) is 0. The molecule has 0 saturated heterocycles. The highest BCUT2D eigenvalue weighted by Gasteiger charge is 2.10. The predicted molar refractivity (Wildman–Crippen MR) is 108 cm³/mol. The normalized spacial score (nSPS) is 15.6. The molecule has 1 rings (SSSR count). The Morgan fingerprint density at radius 3 is 1.95 bits per heavy atom. The lowest BCUT2D eigenvalue weighted by molar-refractivity contribution is 0.692. The Kier molecular flexibility index (Phi) is 36.7. The topological polar surface area (TPSA) is 26.0 Å². The van der Waals surface area contributed by atoms with Crippen LogP contribution in [0.15, 0.2) is 47.7 Å². The minimum Gasteiger partial charge on any atom is -0.398 e. The molecule has 0 aromatic heterocycles. The molecule has 132 valence electrons. The van der Waals surface area contributed by atoms with Crippen LogP contribution < -0.4 is 5.73 Å². The fourth-order valence-electron chi connectivity index (χ4n) is 1.42. The molecule has 0 bridgehead atoms. The lowest BCUT2D eigenvalue weighted by Crippen LogP contribution is -2.09. The summed E-state index contributed by atoms with van der Waals surface area (Å²) in [6, 6.07) is 0. The Morgan fingerprint density at radius 1 is 1.14 bits per heavy atom. The molecule has 0 fully saturated rings. The van der Waals surface area contributed by atoms with E-state index < -0.39 is 0 Å². The fourth-order valence-corrected chi connectivity index (χ4v) is 1.42. The number of hydrogen-bond acceptors (Lipinski definition) is 1. The number of rotatable bonds is 2. The quantitative estimate of drug-likeness (QED) is 0.527. The molecule has 0 saturated carbocycles. The molecular weight excluding hydrogens is 266 g/mol. The van der Waals surface area contributed by atoms with Gasteiger partial charge in [-0.05, 0) is 30.9 Å². The smallest absolute Gasteiger partial charge is 0.0349 e. The highest BCUT2D eigenvalue weighted by molar-refractivity contribution is 5.37. The van der Waals surface area contributed by atoms with Crippen LogP contribution in [0.3, 0.4) is 0 Å². The Hall–Kier alpha value is -1.24. The summed E-state index contributed by atoms with van der Waals surface area (Å²) < 4.78 is 0. The van der Waals surface area contributed by atoms with Crippen molar-refractivity contribution in [2.45, 2.75) is 82.1 Å². The van der Waals surface area contributed by atoms with Crippen molar-refractivity contribution >= 4 is 0 Å². The average Bonchev–Trinajstić information content (AvgIpc) is 2.59. The second kappa shape index (κ2) is 28.0. The molecule has 1 aliphatic rings. The number of allylic oxidation sites excluding steroid dienone is 7. The zero-order valence-corrected chi connectivity index (χ0v) is 17.0. The molecule has 0 radical (unpaired) electrons. The molecule has 1 atom stereocenters. The maximum absolute atomic E-state index is 5.93. The maximum atomic E-state index is 5.93. The van der Waals surface area contributed by atoms with E-state index in [9.17, 15) is 0 Å². The first kappa shape index (κ1) is 28.9. The second-order valence-corrected chi connectivity index (χ2v) is 4.04. The van der Waals surface area contributed by atoms with Crippen LogP contribution in [0.25, 0.3) is 0 Å². The van der Waals surface area contributed by atoms with Gasteiger partial charge in [0.1, 0.15) is 0 Å². The van der Waals surface area contributed by atoms with Crippen molar-refractivity contribution < 1.29 is 0 Å². The monoisotopic (exact) mass is 309 g/mol. The molecule has 0 aliphatic heterocycles. The Bertz CT molecular complexity index is 293. The average molecular weight is 310 g/mol. The summed E-state index contributed by atoms with van der Waals surface area (Å²) in [5.41, 5.74) is 8.07. The van der Waals surface area contributed by atoms with Crippen molar-refractivity contribution in [3.05, 3.63) is 47.7 Å². The third-order valence-electron chi connectivity index (χ3n) is 2.23. The molecular formula is C21H43N. The molecule has 2 N–H and O–H groups in total.